The van der Waals surface area contributed by atoms with Gasteiger partial charge < -0.3 is 15.0 Å². The molecular weight excluding hydrogens is 462 g/mol. The Hall–Kier alpha value is -3.72. The lowest BCUT2D eigenvalue weighted by molar-refractivity contribution is -0.116. The lowest BCUT2D eigenvalue weighted by Crippen LogP contribution is -2.38. The van der Waals surface area contributed by atoms with Gasteiger partial charge in [0.05, 0.1) is 34.8 Å². The van der Waals surface area contributed by atoms with E-state index in [9.17, 15) is 9.59 Å². The van der Waals surface area contributed by atoms with Crippen LogP contribution in [0.1, 0.15) is 42.0 Å². The van der Waals surface area contributed by atoms with Crippen molar-refractivity contribution in [1.29, 1.82) is 0 Å². The Bertz CT molecular complexity index is 1370. The van der Waals surface area contributed by atoms with Crippen molar-refractivity contribution in [3.63, 3.8) is 0 Å². The number of hydrogen-bond donors (Lipinski definition) is 1. The third-order valence-corrected chi connectivity index (χ3v) is 6.66. The number of fused-ring (bicyclic) bond motifs is 1. The smallest absolute Gasteiger partial charge is 0.255 e. The molecule has 0 spiro atoms. The second-order valence-corrected chi connectivity index (χ2v) is 9.77. The molecule has 1 N–H and O–H groups in total. The minimum Gasteiger partial charge on any atom is -0.497 e. The molecule has 0 aliphatic carbocycles. The van der Waals surface area contributed by atoms with E-state index in [1.54, 1.807) is 48.9 Å². The number of thiophene rings is 1. The highest BCUT2D eigenvalue weighted by Crippen LogP contribution is 2.31. The molecule has 9 heteroatoms. The van der Waals surface area contributed by atoms with Crippen LogP contribution in [0.4, 0.5) is 5.69 Å². The van der Waals surface area contributed by atoms with Crippen LogP contribution in [0.2, 0.25) is 0 Å². The van der Waals surface area contributed by atoms with Crippen LogP contribution in [0.3, 0.4) is 0 Å². The number of methoxy groups -OCH3 is 1. The zero-order chi connectivity index (χ0) is 25.1. The number of carbonyl (C=O) groups excluding carboxylic acids is 2. The highest BCUT2D eigenvalue weighted by atomic mass is 32.1. The van der Waals surface area contributed by atoms with Crippen LogP contribution in [0, 0.1) is 6.92 Å². The molecule has 0 radical (unpaired) electrons. The third-order valence-electron chi connectivity index (χ3n) is 5.64. The number of carbonyl (C=O) groups is 2. The van der Waals surface area contributed by atoms with E-state index in [2.05, 4.69) is 10.4 Å². The lowest BCUT2D eigenvalue weighted by Gasteiger charge is -2.21. The van der Waals surface area contributed by atoms with E-state index in [1.807, 2.05) is 50.6 Å². The van der Waals surface area contributed by atoms with Crippen molar-refractivity contribution in [1.82, 2.24) is 19.7 Å². The van der Waals surface area contributed by atoms with Crippen molar-refractivity contribution in [3.05, 3.63) is 59.1 Å². The highest BCUT2D eigenvalue weighted by Gasteiger charge is 2.24. The number of aromatic nitrogens is 3. The molecule has 35 heavy (non-hydrogen) atoms. The molecule has 3 heterocycles. The number of anilines is 1. The van der Waals surface area contributed by atoms with Crippen LogP contribution in [-0.4, -0.2) is 51.7 Å². The average Bonchev–Trinajstić information content (AvgIpc) is 3.48. The maximum atomic E-state index is 13.7. The first-order valence-corrected chi connectivity index (χ1v) is 12.3. The number of nitrogens with one attached hydrogen (secondary N) is 1. The van der Waals surface area contributed by atoms with Crippen molar-refractivity contribution in [3.8, 4) is 16.3 Å². The molecule has 3 aromatic heterocycles. The predicted octanol–water partition coefficient (Wildman–Crippen LogP) is 5.16. The maximum absolute atomic E-state index is 13.7. The molecule has 0 saturated heterocycles. The van der Waals surface area contributed by atoms with Crippen LogP contribution in [-0.2, 0) is 4.79 Å². The summed E-state index contributed by atoms with van der Waals surface area (Å²) in [5.74, 6) is 0.119. The predicted molar refractivity (Wildman–Crippen MR) is 139 cm³/mol. The first kappa shape index (κ1) is 24.4. The van der Waals surface area contributed by atoms with Gasteiger partial charge in [0.1, 0.15) is 12.3 Å². The van der Waals surface area contributed by atoms with Gasteiger partial charge in [-0.1, -0.05) is 6.07 Å². The number of pyridine rings is 1. The molecule has 4 aromatic rings. The summed E-state index contributed by atoms with van der Waals surface area (Å²) in [5, 5.41) is 8.01. The van der Waals surface area contributed by atoms with E-state index >= 15 is 0 Å². The van der Waals surface area contributed by atoms with Gasteiger partial charge in [-0.2, -0.15) is 5.10 Å². The molecule has 2 amide bonds. The maximum Gasteiger partial charge on any atom is 0.255 e. The molecule has 0 saturated carbocycles. The summed E-state index contributed by atoms with van der Waals surface area (Å²) in [5.41, 5.74) is 2.47. The summed E-state index contributed by atoms with van der Waals surface area (Å²) in [6, 6.07) is 13.1. The monoisotopic (exact) mass is 491 g/mol. The van der Waals surface area contributed by atoms with Crippen molar-refractivity contribution in [2.75, 3.05) is 25.5 Å². The van der Waals surface area contributed by atoms with E-state index in [1.165, 1.54) is 4.90 Å². The molecule has 8 nitrogen and oxygen atoms in total. The number of amides is 2. The fourth-order valence-electron chi connectivity index (χ4n) is 3.84. The first-order chi connectivity index (χ1) is 16.8. The Balaban J connectivity index is 1.66. The van der Waals surface area contributed by atoms with Crippen molar-refractivity contribution < 1.29 is 14.3 Å². The van der Waals surface area contributed by atoms with Gasteiger partial charge in [0.2, 0.25) is 5.91 Å². The molecule has 0 aliphatic heterocycles. The number of ether oxygens (including phenoxy) is 1. The van der Waals surface area contributed by atoms with Crippen LogP contribution in [0.25, 0.3) is 21.6 Å². The zero-order valence-corrected chi connectivity index (χ0v) is 21.3. The zero-order valence-electron chi connectivity index (χ0n) is 20.5. The summed E-state index contributed by atoms with van der Waals surface area (Å²) < 4.78 is 7.04. The van der Waals surface area contributed by atoms with E-state index in [4.69, 9.17) is 9.72 Å². The van der Waals surface area contributed by atoms with Crippen molar-refractivity contribution >= 4 is 39.9 Å². The normalized spacial score (nSPS) is 11.1. The van der Waals surface area contributed by atoms with Gasteiger partial charge in [0.15, 0.2) is 5.65 Å². The summed E-state index contributed by atoms with van der Waals surface area (Å²) in [6.07, 6.45) is 1.68. The number of nitrogens with zero attached hydrogens (tertiary/aromatic N) is 4. The quantitative estimate of drug-likeness (QED) is 0.368. The van der Waals surface area contributed by atoms with Gasteiger partial charge >= 0.3 is 0 Å². The second-order valence-electron chi connectivity index (χ2n) is 8.48. The van der Waals surface area contributed by atoms with E-state index in [0.29, 0.717) is 34.6 Å². The number of likely N-dealkylation sites (N-methyl/N-ethyl adjacent to an activating group) is 1. The van der Waals surface area contributed by atoms with Crippen LogP contribution in [0.15, 0.2) is 48.7 Å². The third kappa shape index (κ3) is 5.19. The molecule has 4 rings (SSSR count). The van der Waals surface area contributed by atoms with E-state index in [0.717, 1.165) is 15.4 Å². The minimum absolute atomic E-state index is 0.0812. The summed E-state index contributed by atoms with van der Waals surface area (Å²) >= 11 is 1.62. The molecule has 0 unspecified atom stereocenters. The average molecular weight is 492 g/mol. The topological polar surface area (TPSA) is 89.3 Å². The molecule has 0 aliphatic rings. The lowest BCUT2D eigenvalue weighted by atomic mass is 10.1. The van der Waals surface area contributed by atoms with Crippen molar-refractivity contribution in [2.45, 2.75) is 33.7 Å². The van der Waals surface area contributed by atoms with Gasteiger partial charge in [-0.25, -0.2) is 9.67 Å². The second kappa shape index (κ2) is 10.3. The Morgan fingerprint density at radius 1 is 1.20 bits per heavy atom. The van der Waals surface area contributed by atoms with Crippen LogP contribution < -0.4 is 10.1 Å². The van der Waals surface area contributed by atoms with Gasteiger partial charge in [0.25, 0.3) is 5.91 Å². The van der Waals surface area contributed by atoms with Gasteiger partial charge in [-0.3, -0.25) is 9.59 Å². The molecule has 0 bridgehead atoms. The summed E-state index contributed by atoms with van der Waals surface area (Å²) in [6.45, 7) is 8.24. The van der Waals surface area contributed by atoms with Gasteiger partial charge in [0, 0.05) is 29.2 Å². The number of aryl methyl sites for hydroxylation is 1. The Morgan fingerprint density at radius 2 is 2.00 bits per heavy atom. The molecule has 0 fully saturated rings. The molecule has 182 valence electrons. The van der Waals surface area contributed by atoms with Crippen LogP contribution in [0.5, 0.6) is 5.75 Å². The highest BCUT2D eigenvalue weighted by molar-refractivity contribution is 7.15. The fourth-order valence-corrected chi connectivity index (χ4v) is 4.67. The Morgan fingerprint density at radius 3 is 2.66 bits per heavy atom. The standard InChI is InChI=1S/C26H29N5O3S/c1-6-30(15-24(32)28-18-8-7-9-19(12-18)34-5)26(33)20-13-22(23-11-10-17(4)35-23)29-25-21(20)14-27-31(25)16(2)3/h7-14,16H,6,15H2,1-5H3,(H,28,32). The molecular formula is C26H29N5O3S. The summed E-state index contributed by atoms with van der Waals surface area (Å²) in [7, 11) is 1.57. The number of benzene rings is 1. The Labute approximate surface area is 208 Å². The molecule has 0 atom stereocenters. The fraction of sp³-hybridized carbons (Fsp3) is 0.308. The van der Waals surface area contributed by atoms with E-state index < -0.39 is 0 Å². The minimum atomic E-state index is -0.286. The van der Waals surface area contributed by atoms with Gasteiger partial charge in [-0.15, -0.1) is 11.3 Å². The van der Waals surface area contributed by atoms with E-state index in [-0.39, 0.29) is 24.4 Å². The summed E-state index contributed by atoms with van der Waals surface area (Å²) in [4.78, 5) is 35.0. The van der Waals surface area contributed by atoms with Crippen molar-refractivity contribution in [2.24, 2.45) is 0 Å². The number of hydrogen-bond acceptors (Lipinski definition) is 6. The van der Waals surface area contributed by atoms with Gasteiger partial charge in [-0.05, 0) is 58.0 Å². The van der Waals surface area contributed by atoms with Crippen LogP contribution >= 0.6 is 11.3 Å². The largest absolute Gasteiger partial charge is 0.497 e. The number of rotatable bonds is 8. The molecule has 1 aromatic carbocycles. The Kier molecular flexibility index (Phi) is 7.16. The first-order valence-electron chi connectivity index (χ1n) is 11.5. The SMILES string of the molecule is CCN(CC(=O)Nc1cccc(OC)c1)C(=O)c1cc(-c2ccc(C)s2)nc2c1cnn2C(C)C.